The summed E-state index contributed by atoms with van der Waals surface area (Å²) in [6.45, 7) is 1.36. The topological polar surface area (TPSA) is 69.0 Å². The Hall–Kier alpha value is -2.37. The van der Waals surface area contributed by atoms with E-state index in [2.05, 4.69) is 20.1 Å². The van der Waals surface area contributed by atoms with Crippen molar-refractivity contribution >= 4 is 5.91 Å². The molecule has 1 N–H and O–H groups in total. The maximum Gasteiger partial charge on any atom is 0.224 e. The standard InChI is InChI=1S/C17H22N4O2/c1-23-14-8-5-4-7-13(14)11-17(22)18-12-16-20-19-15-9-3-2-6-10-21(15)16/h4-5,7-8H,2-3,6,9-12H2,1H3,(H,18,22). The van der Waals surface area contributed by atoms with Crippen molar-refractivity contribution in [2.45, 2.75) is 45.2 Å². The first kappa shape index (κ1) is 15.5. The average Bonchev–Trinajstić information content (AvgIpc) is 2.80. The Labute approximate surface area is 135 Å². The van der Waals surface area contributed by atoms with Crippen LogP contribution in [0.25, 0.3) is 0 Å². The van der Waals surface area contributed by atoms with Gasteiger partial charge in [-0.15, -0.1) is 10.2 Å². The quantitative estimate of drug-likeness (QED) is 0.915. The van der Waals surface area contributed by atoms with E-state index in [0.717, 1.165) is 48.8 Å². The second kappa shape index (κ2) is 7.26. The zero-order valence-corrected chi connectivity index (χ0v) is 13.4. The first-order valence-corrected chi connectivity index (χ1v) is 8.07. The fourth-order valence-corrected chi connectivity index (χ4v) is 2.94. The van der Waals surface area contributed by atoms with Gasteiger partial charge in [0.1, 0.15) is 11.6 Å². The molecule has 6 heteroatoms. The van der Waals surface area contributed by atoms with Gasteiger partial charge in [-0.25, -0.2) is 0 Å². The molecule has 0 atom stereocenters. The number of carbonyl (C=O) groups excluding carboxylic acids is 1. The molecular formula is C17H22N4O2. The van der Waals surface area contributed by atoms with E-state index >= 15 is 0 Å². The number of aromatic nitrogens is 3. The third-order valence-electron chi connectivity index (χ3n) is 4.17. The number of amides is 1. The van der Waals surface area contributed by atoms with Crippen LogP contribution in [0.2, 0.25) is 0 Å². The molecule has 0 fully saturated rings. The van der Waals surface area contributed by atoms with Crippen molar-refractivity contribution in [3.05, 3.63) is 41.5 Å². The number of ether oxygens (including phenoxy) is 1. The van der Waals surface area contributed by atoms with Crippen LogP contribution in [-0.4, -0.2) is 27.8 Å². The van der Waals surface area contributed by atoms with Crippen LogP contribution in [0.4, 0.5) is 0 Å². The second-order valence-corrected chi connectivity index (χ2v) is 5.76. The molecule has 1 aliphatic rings. The van der Waals surface area contributed by atoms with E-state index in [4.69, 9.17) is 4.74 Å². The van der Waals surface area contributed by atoms with Crippen LogP contribution in [0, 0.1) is 0 Å². The second-order valence-electron chi connectivity index (χ2n) is 5.76. The zero-order valence-electron chi connectivity index (χ0n) is 13.4. The van der Waals surface area contributed by atoms with Crippen molar-refractivity contribution in [3.8, 4) is 5.75 Å². The van der Waals surface area contributed by atoms with E-state index in [9.17, 15) is 4.79 Å². The molecule has 2 heterocycles. The Morgan fingerprint density at radius 2 is 2.13 bits per heavy atom. The van der Waals surface area contributed by atoms with Gasteiger partial charge in [0.05, 0.1) is 20.1 Å². The van der Waals surface area contributed by atoms with Gasteiger partial charge in [-0.3, -0.25) is 4.79 Å². The summed E-state index contributed by atoms with van der Waals surface area (Å²) in [5, 5.41) is 11.4. The van der Waals surface area contributed by atoms with Gasteiger partial charge in [0.15, 0.2) is 5.82 Å². The lowest BCUT2D eigenvalue weighted by molar-refractivity contribution is -0.120. The number of benzene rings is 1. The van der Waals surface area contributed by atoms with E-state index in [1.807, 2.05) is 24.3 Å². The Morgan fingerprint density at radius 3 is 3.00 bits per heavy atom. The summed E-state index contributed by atoms with van der Waals surface area (Å²) in [7, 11) is 1.61. The number of hydrogen-bond donors (Lipinski definition) is 1. The lowest BCUT2D eigenvalue weighted by Crippen LogP contribution is -2.26. The molecule has 1 aliphatic heterocycles. The summed E-state index contributed by atoms with van der Waals surface area (Å²) in [5.74, 6) is 2.58. The van der Waals surface area contributed by atoms with Crippen LogP contribution < -0.4 is 10.1 Å². The molecule has 0 saturated heterocycles. The van der Waals surface area contributed by atoms with Crippen molar-refractivity contribution in [1.29, 1.82) is 0 Å². The molecule has 0 saturated carbocycles. The van der Waals surface area contributed by atoms with Gasteiger partial charge in [-0.05, 0) is 18.9 Å². The summed E-state index contributed by atoms with van der Waals surface area (Å²) in [4.78, 5) is 12.2. The minimum absolute atomic E-state index is 0.0412. The van der Waals surface area contributed by atoms with Crippen LogP contribution in [-0.2, 0) is 30.7 Å². The molecule has 122 valence electrons. The molecule has 3 rings (SSSR count). The van der Waals surface area contributed by atoms with E-state index in [1.165, 1.54) is 6.42 Å². The molecule has 1 aromatic carbocycles. The first-order valence-electron chi connectivity index (χ1n) is 8.07. The third kappa shape index (κ3) is 3.70. The Morgan fingerprint density at radius 1 is 1.26 bits per heavy atom. The van der Waals surface area contributed by atoms with Crippen molar-refractivity contribution in [2.75, 3.05) is 7.11 Å². The van der Waals surface area contributed by atoms with Gasteiger partial charge in [0.25, 0.3) is 0 Å². The lowest BCUT2D eigenvalue weighted by atomic mass is 10.1. The maximum absolute atomic E-state index is 12.2. The number of hydrogen-bond acceptors (Lipinski definition) is 4. The van der Waals surface area contributed by atoms with Crippen LogP contribution in [0.1, 0.15) is 36.5 Å². The van der Waals surface area contributed by atoms with Crippen LogP contribution in [0.3, 0.4) is 0 Å². The number of methoxy groups -OCH3 is 1. The molecule has 0 spiro atoms. The number of nitrogens with zero attached hydrogens (tertiary/aromatic N) is 3. The highest BCUT2D eigenvalue weighted by Gasteiger charge is 2.15. The Balaban J connectivity index is 1.60. The van der Waals surface area contributed by atoms with E-state index in [1.54, 1.807) is 7.11 Å². The van der Waals surface area contributed by atoms with Crippen LogP contribution in [0.15, 0.2) is 24.3 Å². The molecular weight excluding hydrogens is 292 g/mol. The monoisotopic (exact) mass is 314 g/mol. The van der Waals surface area contributed by atoms with Crippen molar-refractivity contribution in [2.24, 2.45) is 0 Å². The van der Waals surface area contributed by atoms with Gasteiger partial charge in [-0.1, -0.05) is 24.6 Å². The summed E-state index contributed by atoms with van der Waals surface area (Å²) < 4.78 is 7.43. The molecule has 1 amide bonds. The van der Waals surface area contributed by atoms with Gasteiger partial charge < -0.3 is 14.6 Å². The summed E-state index contributed by atoms with van der Waals surface area (Å²) in [5.41, 5.74) is 0.882. The van der Waals surface area contributed by atoms with E-state index < -0.39 is 0 Å². The molecule has 6 nitrogen and oxygen atoms in total. The highest BCUT2D eigenvalue weighted by atomic mass is 16.5. The lowest BCUT2D eigenvalue weighted by Gasteiger charge is -2.10. The van der Waals surface area contributed by atoms with Crippen molar-refractivity contribution < 1.29 is 9.53 Å². The number of rotatable bonds is 5. The molecule has 0 unspecified atom stereocenters. The van der Waals surface area contributed by atoms with Gasteiger partial charge >= 0.3 is 0 Å². The molecule has 0 radical (unpaired) electrons. The number of aryl methyl sites for hydroxylation is 1. The minimum Gasteiger partial charge on any atom is -0.496 e. The average molecular weight is 314 g/mol. The summed E-state index contributed by atoms with van der Waals surface area (Å²) in [6.07, 6.45) is 4.81. The number of para-hydroxylation sites is 1. The summed E-state index contributed by atoms with van der Waals surface area (Å²) >= 11 is 0. The SMILES string of the molecule is COc1ccccc1CC(=O)NCc1nnc2n1CCCCC2. The maximum atomic E-state index is 12.2. The Bertz CT molecular complexity index is 681. The fraction of sp³-hybridized carbons (Fsp3) is 0.471. The molecule has 1 aromatic heterocycles. The first-order chi connectivity index (χ1) is 11.3. The Kier molecular flexibility index (Phi) is 4.90. The molecule has 23 heavy (non-hydrogen) atoms. The third-order valence-corrected chi connectivity index (χ3v) is 4.17. The molecule has 0 bridgehead atoms. The van der Waals surface area contributed by atoms with Crippen LogP contribution >= 0.6 is 0 Å². The normalized spacial score (nSPS) is 14.0. The molecule has 2 aromatic rings. The fourth-order valence-electron chi connectivity index (χ4n) is 2.94. The van der Waals surface area contributed by atoms with Crippen molar-refractivity contribution in [1.82, 2.24) is 20.1 Å². The van der Waals surface area contributed by atoms with Gasteiger partial charge in [0.2, 0.25) is 5.91 Å². The predicted octanol–water partition coefficient (Wildman–Crippen LogP) is 1.87. The predicted molar refractivity (Wildman–Crippen MR) is 86.1 cm³/mol. The van der Waals surface area contributed by atoms with Gasteiger partial charge in [0, 0.05) is 18.5 Å². The molecule has 0 aliphatic carbocycles. The smallest absolute Gasteiger partial charge is 0.224 e. The number of carbonyl (C=O) groups is 1. The minimum atomic E-state index is -0.0412. The highest BCUT2D eigenvalue weighted by Crippen LogP contribution is 2.18. The van der Waals surface area contributed by atoms with E-state index in [-0.39, 0.29) is 5.91 Å². The number of nitrogens with one attached hydrogen (secondary N) is 1. The van der Waals surface area contributed by atoms with Gasteiger partial charge in [-0.2, -0.15) is 0 Å². The largest absolute Gasteiger partial charge is 0.496 e. The van der Waals surface area contributed by atoms with E-state index in [0.29, 0.717) is 13.0 Å². The number of fused-ring (bicyclic) bond motifs is 1. The van der Waals surface area contributed by atoms with Crippen LogP contribution in [0.5, 0.6) is 5.75 Å². The highest BCUT2D eigenvalue weighted by molar-refractivity contribution is 5.79. The summed E-state index contributed by atoms with van der Waals surface area (Å²) in [6, 6.07) is 7.57. The van der Waals surface area contributed by atoms with Crippen molar-refractivity contribution in [3.63, 3.8) is 0 Å². The zero-order chi connectivity index (χ0) is 16.1.